The van der Waals surface area contributed by atoms with E-state index in [1.807, 2.05) is 18.2 Å². The molecule has 0 saturated carbocycles. The summed E-state index contributed by atoms with van der Waals surface area (Å²) in [6, 6.07) is 9.15. The van der Waals surface area contributed by atoms with Crippen LogP contribution in [0, 0.1) is 5.92 Å². The van der Waals surface area contributed by atoms with E-state index in [0.29, 0.717) is 16.6 Å². The highest BCUT2D eigenvalue weighted by atomic mass is 32.1. The Kier molecular flexibility index (Phi) is 3.15. The predicted octanol–water partition coefficient (Wildman–Crippen LogP) is 2.51. The molecule has 4 rings (SSSR count). The monoisotopic (exact) mass is 328 g/mol. The zero-order chi connectivity index (χ0) is 16.2. The number of nitrogens with zero attached hydrogens (tertiary/aromatic N) is 1. The molecule has 23 heavy (non-hydrogen) atoms. The van der Waals surface area contributed by atoms with Crippen molar-refractivity contribution in [3.63, 3.8) is 0 Å². The Balaban J connectivity index is 1.45. The molecule has 0 aromatic heterocycles. The van der Waals surface area contributed by atoms with Crippen molar-refractivity contribution in [3.05, 3.63) is 47.5 Å². The molecular weight excluding hydrogens is 308 g/mol. The van der Waals surface area contributed by atoms with Gasteiger partial charge in [-0.1, -0.05) is 18.2 Å². The molecule has 1 amide bonds. The molecule has 3 aliphatic rings. The number of ether oxygens (including phenoxy) is 1. The van der Waals surface area contributed by atoms with Gasteiger partial charge >= 0.3 is 0 Å². The van der Waals surface area contributed by atoms with Crippen LogP contribution in [0.25, 0.3) is 0 Å². The molecule has 1 aromatic rings. The Labute approximate surface area is 141 Å². The number of likely N-dealkylation sites (tertiary alicyclic amines) is 1. The van der Waals surface area contributed by atoms with Crippen LogP contribution >= 0.6 is 12.2 Å². The third-order valence-electron chi connectivity index (χ3n) is 5.46. The van der Waals surface area contributed by atoms with E-state index in [-0.39, 0.29) is 17.1 Å². The lowest BCUT2D eigenvalue weighted by molar-refractivity contribution is -0.0269. The van der Waals surface area contributed by atoms with Gasteiger partial charge < -0.3 is 9.64 Å². The van der Waals surface area contributed by atoms with E-state index >= 15 is 0 Å². The minimum atomic E-state index is -0.222. The zero-order valence-electron chi connectivity index (χ0n) is 13.3. The molecule has 2 saturated heterocycles. The summed E-state index contributed by atoms with van der Waals surface area (Å²) in [6.45, 7) is 5.88. The van der Waals surface area contributed by atoms with E-state index in [4.69, 9.17) is 17.0 Å². The van der Waals surface area contributed by atoms with E-state index < -0.39 is 0 Å². The molecule has 3 heterocycles. The number of benzene rings is 1. The van der Waals surface area contributed by atoms with Gasteiger partial charge in [-0.3, -0.25) is 10.1 Å². The van der Waals surface area contributed by atoms with E-state index in [1.165, 1.54) is 5.57 Å². The number of carbonyl (C=O) groups excluding carboxylic acids is 1. The molecule has 0 radical (unpaired) electrons. The van der Waals surface area contributed by atoms with Crippen LogP contribution in [0.5, 0.6) is 0 Å². The average Bonchev–Trinajstić information content (AvgIpc) is 3.07. The van der Waals surface area contributed by atoms with Crippen LogP contribution in [0.4, 0.5) is 0 Å². The zero-order valence-corrected chi connectivity index (χ0v) is 14.2. The van der Waals surface area contributed by atoms with E-state index in [1.54, 1.807) is 12.1 Å². The van der Waals surface area contributed by atoms with Gasteiger partial charge in [0.1, 0.15) is 5.60 Å². The molecule has 1 N–H and O–H groups in total. The van der Waals surface area contributed by atoms with E-state index in [2.05, 4.69) is 30.1 Å². The quantitative estimate of drug-likeness (QED) is 0.635. The number of carbonyl (C=O) groups is 1. The largest absolute Gasteiger partial charge is 0.358 e. The van der Waals surface area contributed by atoms with Crippen molar-refractivity contribution in [2.75, 3.05) is 13.1 Å². The Morgan fingerprint density at radius 1 is 1.39 bits per heavy atom. The molecule has 1 spiro atoms. The normalized spacial score (nSPS) is 34.3. The summed E-state index contributed by atoms with van der Waals surface area (Å²) in [4.78, 5) is 14.3. The van der Waals surface area contributed by atoms with Crippen LogP contribution in [0.3, 0.4) is 0 Å². The second-order valence-electron chi connectivity index (χ2n) is 7.02. The fourth-order valence-electron chi connectivity index (χ4n) is 4.14. The fraction of sp³-hybridized carbons (Fsp3) is 0.444. The molecular formula is C18H20N2O2S. The molecule has 2 fully saturated rings. The average molecular weight is 328 g/mol. The topological polar surface area (TPSA) is 41.6 Å². The van der Waals surface area contributed by atoms with Crippen LogP contribution in [-0.2, 0) is 4.74 Å². The van der Waals surface area contributed by atoms with Crippen molar-refractivity contribution in [1.82, 2.24) is 10.2 Å². The summed E-state index contributed by atoms with van der Waals surface area (Å²) in [5.74, 6) is 0.289. The molecule has 2 bridgehead atoms. The molecule has 5 heteroatoms. The molecule has 4 nitrogen and oxygen atoms in total. The highest BCUT2D eigenvalue weighted by Crippen LogP contribution is 2.55. The second kappa shape index (κ2) is 4.89. The Morgan fingerprint density at radius 3 is 2.83 bits per heavy atom. The maximum Gasteiger partial charge on any atom is 0.257 e. The molecule has 3 atom stereocenters. The summed E-state index contributed by atoms with van der Waals surface area (Å²) in [5, 5.41) is 3.34. The van der Waals surface area contributed by atoms with Crippen molar-refractivity contribution in [1.29, 1.82) is 0 Å². The number of thiocarbonyl (C=S) groups is 1. The van der Waals surface area contributed by atoms with Crippen LogP contribution < -0.4 is 5.32 Å². The Hall–Kier alpha value is -1.72. The molecule has 1 aromatic carbocycles. The Morgan fingerprint density at radius 2 is 2.13 bits per heavy atom. The van der Waals surface area contributed by atoms with Crippen molar-refractivity contribution < 1.29 is 9.53 Å². The van der Waals surface area contributed by atoms with Gasteiger partial charge in [0.2, 0.25) is 0 Å². The van der Waals surface area contributed by atoms with Crippen LogP contribution in [-0.4, -0.2) is 40.2 Å². The van der Waals surface area contributed by atoms with Gasteiger partial charge in [-0.2, -0.15) is 0 Å². The molecule has 120 valence electrons. The second-order valence-corrected chi connectivity index (χ2v) is 7.41. The van der Waals surface area contributed by atoms with Crippen LogP contribution in [0.1, 0.15) is 30.6 Å². The third-order valence-corrected chi connectivity index (χ3v) is 5.82. The standard InChI is InChI=1S/C18H20N2O2S/c1-12-8-18-11-20(10-14(18)9-17(12,2)22-18)16(23)19-15(21)13-6-4-3-5-7-13/h3-8,14H,9-11H2,1-2H3,(H,19,21,23). The Bertz CT molecular complexity index is 717. The van der Waals surface area contributed by atoms with Crippen molar-refractivity contribution in [2.24, 2.45) is 5.92 Å². The number of rotatable bonds is 1. The van der Waals surface area contributed by atoms with E-state index in [0.717, 1.165) is 19.5 Å². The number of hydrogen-bond donors (Lipinski definition) is 1. The lowest BCUT2D eigenvalue weighted by Gasteiger charge is -2.26. The van der Waals surface area contributed by atoms with Gasteiger partial charge in [0, 0.05) is 18.0 Å². The first kappa shape index (κ1) is 14.8. The maximum absolute atomic E-state index is 12.3. The highest BCUT2D eigenvalue weighted by molar-refractivity contribution is 7.80. The maximum atomic E-state index is 12.3. The van der Waals surface area contributed by atoms with Gasteiger partial charge in [-0.25, -0.2) is 0 Å². The van der Waals surface area contributed by atoms with Gasteiger partial charge in [0.05, 0.1) is 12.1 Å². The van der Waals surface area contributed by atoms with Gasteiger partial charge in [-0.05, 0) is 56.3 Å². The lowest BCUT2D eigenvalue weighted by Crippen LogP contribution is -2.44. The predicted molar refractivity (Wildman–Crippen MR) is 92.2 cm³/mol. The molecule has 3 aliphatic heterocycles. The minimum absolute atomic E-state index is 0.105. The summed E-state index contributed by atoms with van der Waals surface area (Å²) in [5.41, 5.74) is 1.61. The summed E-state index contributed by atoms with van der Waals surface area (Å²) in [7, 11) is 0. The van der Waals surface area contributed by atoms with Crippen molar-refractivity contribution >= 4 is 23.2 Å². The van der Waals surface area contributed by atoms with Gasteiger partial charge in [-0.15, -0.1) is 0 Å². The smallest absolute Gasteiger partial charge is 0.257 e. The third kappa shape index (κ3) is 2.22. The van der Waals surface area contributed by atoms with E-state index in [9.17, 15) is 4.79 Å². The number of amides is 1. The number of nitrogens with one attached hydrogen (secondary N) is 1. The molecule has 3 unspecified atom stereocenters. The first-order valence-corrected chi connectivity index (χ1v) is 8.38. The van der Waals surface area contributed by atoms with Gasteiger partial charge in [0.15, 0.2) is 5.11 Å². The fourth-order valence-corrected chi connectivity index (χ4v) is 4.37. The summed E-state index contributed by atoms with van der Waals surface area (Å²) >= 11 is 5.45. The SMILES string of the molecule is CC1=CC23CN(C(=S)NC(=O)c4ccccc4)CC2CC1(C)O3. The molecule has 0 aliphatic carbocycles. The first-order valence-electron chi connectivity index (χ1n) is 7.97. The van der Waals surface area contributed by atoms with Gasteiger partial charge in [0.25, 0.3) is 5.91 Å². The highest BCUT2D eigenvalue weighted by Gasteiger charge is 2.62. The first-order chi connectivity index (χ1) is 10.9. The summed E-state index contributed by atoms with van der Waals surface area (Å²) < 4.78 is 6.35. The van der Waals surface area contributed by atoms with Crippen LogP contribution in [0.2, 0.25) is 0 Å². The lowest BCUT2D eigenvalue weighted by atomic mass is 9.78. The van der Waals surface area contributed by atoms with Crippen molar-refractivity contribution in [3.8, 4) is 0 Å². The van der Waals surface area contributed by atoms with Crippen molar-refractivity contribution in [2.45, 2.75) is 31.5 Å². The number of fused-ring (bicyclic) bond motifs is 1. The minimum Gasteiger partial charge on any atom is -0.358 e. The number of hydrogen-bond acceptors (Lipinski definition) is 3. The van der Waals surface area contributed by atoms with Crippen LogP contribution in [0.15, 0.2) is 42.0 Å². The summed E-state index contributed by atoms with van der Waals surface area (Å²) in [6.07, 6.45) is 3.30.